The quantitative estimate of drug-likeness (QED) is 0.547. The predicted molar refractivity (Wildman–Crippen MR) is 127 cm³/mol. The summed E-state index contributed by atoms with van der Waals surface area (Å²) in [7, 11) is 0. The number of rotatable bonds is 4. The summed E-state index contributed by atoms with van der Waals surface area (Å²) in [6.07, 6.45) is 5.54. The van der Waals surface area contributed by atoms with Crippen molar-refractivity contribution < 1.29 is 23.8 Å². The molecule has 34 heavy (non-hydrogen) atoms. The fourth-order valence-corrected chi connectivity index (χ4v) is 4.97. The van der Waals surface area contributed by atoms with Crippen molar-refractivity contribution in [3.05, 3.63) is 64.8 Å². The fourth-order valence-electron chi connectivity index (χ4n) is 4.97. The highest BCUT2D eigenvalue weighted by molar-refractivity contribution is 6.07. The molecule has 1 fully saturated rings. The van der Waals surface area contributed by atoms with Crippen LogP contribution in [0, 0.1) is 0 Å². The zero-order valence-electron chi connectivity index (χ0n) is 18.7. The molecule has 0 radical (unpaired) electrons. The van der Waals surface area contributed by atoms with Gasteiger partial charge in [0.1, 0.15) is 0 Å². The minimum absolute atomic E-state index is 0.135. The number of carbonyl (C=O) groups excluding carboxylic acids is 2. The number of aromatic nitrogens is 1. The van der Waals surface area contributed by atoms with Gasteiger partial charge in [-0.15, -0.1) is 0 Å². The van der Waals surface area contributed by atoms with Crippen LogP contribution in [0.3, 0.4) is 0 Å². The molecule has 1 amide bonds. The molecule has 1 aliphatic carbocycles. The van der Waals surface area contributed by atoms with Crippen LogP contribution in [0.5, 0.6) is 11.5 Å². The van der Waals surface area contributed by atoms with E-state index in [9.17, 15) is 9.59 Å². The Kier molecular flexibility index (Phi) is 5.17. The first-order valence-corrected chi connectivity index (χ1v) is 11.6. The summed E-state index contributed by atoms with van der Waals surface area (Å²) in [4.78, 5) is 32.3. The van der Waals surface area contributed by atoms with Crippen LogP contribution in [-0.4, -0.2) is 48.2 Å². The summed E-state index contributed by atoms with van der Waals surface area (Å²) in [5, 5.41) is 0.754. The number of benzene rings is 2. The summed E-state index contributed by atoms with van der Waals surface area (Å²) >= 11 is 0. The van der Waals surface area contributed by atoms with Crippen LogP contribution in [0.15, 0.2) is 42.5 Å². The lowest BCUT2D eigenvalue weighted by molar-refractivity contribution is -0.133. The van der Waals surface area contributed by atoms with Crippen molar-refractivity contribution in [3.63, 3.8) is 0 Å². The Morgan fingerprint density at radius 1 is 1.03 bits per heavy atom. The van der Waals surface area contributed by atoms with Crippen LogP contribution in [0.4, 0.5) is 0 Å². The van der Waals surface area contributed by atoms with Crippen LogP contribution in [0.2, 0.25) is 0 Å². The molecule has 3 heterocycles. The number of carbonyl (C=O) groups is 2. The Morgan fingerprint density at radius 3 is 2.74 bits per heavy atom. The molecular weight excluding hydrogens is 432 g/mol. The molecule has 7 nitrogen and oxygen atoms in total. The zero-order chi connectivity index (χ0) is 23.1. The number of para-hydroxylation sites is 1. The minimum atomic E-state index is -0.466. The number of hydrogen-bond donors (Lipinski definition) is 0. The van der Waals surface area contributed by atoms with E-state index in [-0.39, 0.29) is 19.3 Å². The Morgan fingerprint density at radius 2 is 1.85 bits per heavy atom. The third kappa shape index (κ3) is 3.67. The van der Waals surface area contributed by atoms with Gasteiger partial charge in [0, 0.05) is 18.5 Å². The van der Waals surface area contributed by atoms with Crippen LogP contribution in [0.25, 0.3) is 22.6 Å². The maximum Gasteiger partial charge on any atom is 0.339 e. The van der Waals surface area contributed by atoms with Crippen molar-refractivity contribution in [2.75, 3.05) is 26.5 Å². The Labute approximate surface area is 196 Å². The number of likely N-dealkylation sites (tertiary alicyclic amines) is 1. The number of allylic oxidation sites excluding steroid dienone is 1. The van der Waals surface area contributed by atoms with E-state index in [1.165, 1.54) is 0 Å². The molecule has 6 rings (SSSR count). The molecule has 0 atom stereocenters. The Hall–Kier alpha value is -3.87. The molecule has 0 saturated carbocycles. The van der Waals surface area contributed by atoms with E-state index in [1.807, 2.05) is 42.5 Å². The molecule has 3 aromatic rings. The molecule has 0 N–H and O–H groups in total. The highest BCUT2D eigenvalue weighted by Crippen LogP contribution is 2.39. The highest BCUT2D eigenvalue weighted by atomic mass is 16.7. The molecule has 3 aliphatic rings. The van der Waals surface area contributed by atoms with Crippen molar-refractivity contribution in [3.8, 4) is 11.5 Å². The first kappa shape index (κ1) is 20.7. The summed E-state index contributed by atoms with van der Waals surface area (Å²) in [6.45, 7) is 1.47. The van der Waals surface area contributed by atoms with Gasteiger partial charge in [0.25, 0.3) is 5.91 Å². The van der Waals surface area contributed by atoms with E-state index >= 15 is 0 Å². The standard InChI is InChI=1S/C27H24N2O5/c30-24(29-11-3-4-12-29)15-32-27(31)25-19-5-1-2-6-21(19)28-26-18(8-9-20(25)26)13-17-7-10-22-23(14-17)34-16-33-22/h1-2,5-7,10,13-14H,3-4,8-9,11-12,15-16H2. The van der Waals surface area contributed by atoms with Gasteiger partial charge in [0.2, 0.25) is 6.79 Å². The number of esters is 1. The molecule has 0 bridgehead atoms. The molecule has 2 aliphatic heterocycles. The Bertz CT molecular complexity index is 1340. The van der Waals surface area contributed by atoms with Crippen molar-refractivity contribution in [2.45, 2.75) is 25.7 Å². The van der Waals surface area contributed by atoms with Crippen molar-refractivity contribution >= 4 is 34.4 Å². The molecule has 0 unspecified atom stereocenters. The lowest BCUT2D eigenvalue weighted by Gasteiger charge is -2.16. The van der Waals surface area contributed by atoms with Gasteiger partial charge in [-0.25, -0.2) is 9.78 Å². The van der Waals surface area contributed by atoms with Gasteiger partial charge in [0.15, 0.2) is 18.1 Å². The first-order chi connectivity index (χ1) is 16.7. The van der Waals surface area contributed by atoms with Gasteiger partial charge in [-0.05, 0) is 66.7 Å². The second kappa shape index (κ2) is 8.48. The SMILES string of the molecule is O=C(OCC(=O)N1CCCC1)c1c2c(nc3ccccc13)C(=Cc1ccc3c(c1)OCO3)CC2. The van der Waals surface area contributed by atoms with E-state index in [0.29, 0.717) is 12.0 Å². The van der Waals surface area contributed by atoms with E-state index in [4.69, 9.17) is 19.2 Å². The van der Waals surface area contributed by atoms with Crippen LogP contribution >= 0.6 is 0 Å². The number of amides is 1. The van der Waals surface area contributed by atoms with E-state index < -0.39 is 5.97 Å². The number of ether oxygens (including phenoxy) is 3. The maximum absolute atomic E-state index is 13.3. The second-order valence-corrected chi connectivity index (χ2v) is 8.78. The van der Waals surface area contributed by atoms with Crippen LogP contribution < -0.4 is 9.47 Å². The topological polar surface area (TPSA) is 78.0 Å². The molecule has 172 valence electrons. The van der Waals surface area contributed by atoms with E-state index in [1.54, 1.807) is 4.90 Å². The summed E-state index contributed by atoms with van der Waals surface area (Å²) in [5.41, 5.74) is 4.99. The molecule has 0 spiro atoms. The van der Waals surface area contributed by atoms with Crippen molar-refractivity contribution in [2.24, 2.45) is 0 Å². The lowest BCUT2D eigenvalue weighted by atomic mass is 10.0. The third-order valence-corrected chi connectivity index (χ3v) is 6.67. The fraction of sp³-hybridized carbons (Fsp3) is 0.296. The third-order valence-electron chi connectivity index (χ3n) is 6.67. The largest absolute Gasteiger partial charge is 0.454 e. The normalized spacial score (nSPS) is 17.4. The second-order valence-electron chi connectivity index (χ2n) is 8.78. The molecule has 1 saturated heterocycles. The van der Waals surface area contributed by atoms with Gasteiger partial charge in [-0.3, -0.25) is 4.79 Å². The van der Waals surface area contributed by atoms with Gasteiger partial charge < -0.3 is 19.1 Å². The summed E-state index contributed by atoms with van der Waals surface area (Å²) in [6, 6.07) is 13.4. The monoisotopic (exact) mass is 456 g/mol. The zero-order valence-corrected chi connectivity index (χ0v) is 18.7. The van der Waals surface area contributed by atoms with Crippen molar-refractivity contribution in [1.29, 1.82) is 0 Å². The highest BCUT2D eigenvalue weighted by Gasteiger charge is 2.28. The van der Waals surface area contributed by atoms with E-state index in [2.05, 4.69) is 6.08 Å². The van der Waals surface area contributed by atoms with Crippen molar-refractivity contribution in [1.82, 2.24) is 9.88 Å². The number of pyridine rings is 1. The van der Waals surface area contributed by atoms with Gasteiger partial charge in [-0.2, -0.15) is 0 Å². The molecule has 7 heteroatoms. The number of hydrogen-bond acceptors (Lipinski definition) is 6. The molecule has 1 aromatic heterocycles. The maximum atomic E-state index is 13.3. The van der Waals surface area contributed by atoms with Gasteiger partial charge >= 0.3 is 5.97 Å². The number of fused-ring (bicyclic) bond motifs is 3. The van der Waals surface area contributed by atoms with E-state index in [0.717, 1.165) is 77.1 Å². The Balaban J connectivity index is 1.34. The van der Waals surface area contributed by atoms with Gasteiger partial charge in [-0.1, -0.05) is 24.3 Å². The average Bonchev–Trinajstić information content (AvgIpc) is 3.62. The first-order valence-electron chi connectivity index (χ1n) is 11.6. The molecule has 2 aromatic carbocycles. The van der Waals surface area contributed by atoms with Crippen LogP contribution in [-0.2, 0) is 16.0 Å². The summed E-state index contributed by atoms with van der Waals surface area (Å²) in [5.74, 6) is 0.869. The number of nitrogens with zero attached hydrogens (tertiary/aromatic N) is 2. The lowest BCUT2D eigenvalue weighted by Crippen LogP contribution is -2.32. The van der Waals surface area contributed by atoms with Crippen LogP contribution in [0.1, 0.15) is 46.4 Å². The smallest absolute Gasteiger partial charge is 0.339 e. The molecular formula is C27H24N2O5. The van der Waals surface area contributed by atoms with Gasteiger partial charge in [0.05, 0.1) is 16.8 Å². The summed E-state index contributed by atoms with van der Waals surface area (Å²) < 4.78 is 16.4. The minimum Gasteiger partial charge on any atom is -0.454 e. The predicted octanol–water partition coefficient (Wildman–Crippen LogP) is 4.23. The average molecular weight is 456 g/mol.